The molecule has 7 nitrogen and oxygen atoms in total. The van der Waals surface area contributed by atoms with Gasteiger partial charge in [0.25, 0.3) is 5.91 Å². The van der Waals surface area contributed by atoms with Gasteiger partial charge in [0.05, 0.1) is 17.4 Å². The van der Waals surface area contributed by atoms with E-state index in [2.05, 4.69) is 46.1 Å². The van der Waals surface area contributed by atoms with Gasteiger partial charge < -0.3 is 5.32 Å². The molecule has 0 aliphatic carbocycles. The Labute approximate surface area is 143 Å². The van der Waals surface area contributed by atoms with Crippen molar-refractivity contribution in [1.29, 1.82) is 0 Å². The molecule has 0 fully saturated rings. The van der Waals surface area contributed by atoms with Crippen LogP contribution >= 0.6 is 11.3 Å². The molecule has 0 spiro atoms. The summed E-state index contributed by atoms with van der Waals surface area (Å²) in [7, 11) is 0. The van der Waals surface area contributed by atoms with Crippen molar-refractivity contribution in [3.05, 3.63) is 47.1 Å². The minimum absolute atomic E-state index is 0.131. The van der Waals surface area contributed by atoms with Gasteiger partial charge in [0.2, 0.25) is 0 Å². The third-order valence-corrected chi connectivity index (χ3v) is 4.12. The molecular weight excluding hydrogens is 324 g/mol. The third kappa shape index (κ3) is 3.83. The number of thiazole rings is 1. The number of nitrogens with zero attached hydrogens (tertiary/aromatic N) is 5. The van der Waals surface area contributed by atoms with Crippen molar-refractivity contribution in [2.24, 2.45) is 5.41 Å². The normalized spacial score (nSPS) is 11.5. The van der Waals surface area contributed by atoms with Crippen molar-refractivity contribution in [3.8, 4) is 5.82 Å². The Bertz CT molecular complexity index is 834. The third-order valence-electron chi connectivity index (χ3n) is 3.12. The van der Waals surface area contributed by atoms with Gasteiger partial charge in [0.15, 0.2) is 5.82 Å². The SMILES string of the molecule is CC(C)(C)Cc1ncc(C(=O)Nc2cncnc2-n2cccn2)s1. The molecule has 0 saturated heterocycles. The highest BCUT2D eigenvalue weighted by Gasteiger charge is 2.18. The van der Waals surface area contributed by atoms with Crippen LogP contribution in [0.1, 0.15) is 35.5 Å². The van der Waals surface area contributed by atoms with Gasteiger partial charge in [-0.25, -0.2) is 19.6 Å². The fourth-order valence-corrected chi connectivity index (χ4v) is 3.24. The van der Waals surface area contributed by atoms with E-state index in [1.165, 1.54) is 17.7 Å². The van der Waals surface area contributed by atoms with Gasteiger partial charge in [0.1, 0.15) is 16.9 Å². The molecule has 0 radical (unpaired) electrons. The fraction of sp³-hybridized carbons (Fsp3) is 0.312. The van der Waals surface area contributed by atoms with Crippen molar-refractivity contribution in [2.45, 2.75) is 27.2 Å². The topological polar surface area (TPSA) is 85.6 Å². The lowest BCUT2D eigenvalue weighted by atomic mass is 9.93. The first-order chi connectivity index (χ1) is 11.4. The van der Waals surface area contributed by atoms with Gasteiger partial charge in [-0.2, -0.15) is 5.10 Å². The second-order valence-corrected chi connectivity index (χ2v) is 7.64. The summed E-state index contributed by atoms with van der Waals surface area (Å²) in [5.74, 6) is 0.290. The van der Waals surface area contributed by atoms with Crippen LogP contribution in [0.2, 0.25) is 0 Å². The van der Waals surface area contributed by atoms with E-state index in [9.17, 15) is 4.79 Å². The molecule has 8 heteroatoms. The molecule has 0 aliphatic heterocycles. The number of anilines is 1. The number of aromatic nitrogens is 5. The first kappa shape index (κ1) is 16.3. The van der Waals surface area contributed by atoms with E-state index in [1.54, 1.807) is 35.5 Å². The van der Waals surface area contributed by atoms with Crippen molar-refractivity contribution in [2.75, 3.05) is 5.32 Å². The molecular formula is C16H18N6OS. The molecule has 124 valence electrons. The van der Waals surface area contributed by atoms with Gasteiger partial charge in [-0.3, -0.25) is 4.79 Å². The summed E-state index contributed by atoms with van der Waals surface area (Å²) < 4.78 is 1.58. The average Bonchev–Trinajstić information content (AvgIpc) is 3.17. The molecule has 0 aliphatic rings. The lowest BCUT2D eigenvalue weighted by molar-refractivity contribution is 0.103. The predicted octanol–water partition coefficient (Wildman–Crippen LogP) is 2.96. The molecule has 24 heavy (non-hydrogen) atoms. The summed E-state index contributed by atoms with van der Waals surface area (Å²) in [5.41, 5.74) is 0.628. The minimum Gasteiger partial charge on any atom is -0.317 e. The summed E-state index contributed by atoms with van der Waals surface area (Å²) in [6.45, 7) is 6.43. The van der Waals surface area contributed by atoms with Crippen LogP contribution in [0.25, 0.3) is 5.82 Å². The number of rotatable bonds is 4. The minimum atomic E-state index is -0.226. The maximum absolute atomic E-state index is 12.5. The zero-order valence-corrected chi connectivity index (χ0v) is 14.5. The highest BCUT2D eigenvalue weighted by molar-refractivity contribution is 7.13. The van der Waals surface area contributed by atoms with Crippen molar-refractivity contribution in [1.82, 2.24) is 24.7 Å². The van der Waals surface area contributed by atoms with Gasteiger partial charge in [-0.1, -0.05) is 20.8 Å². The van der Waals surface area contributed by atoms with E-state index in [1.807, 2.05) is 0 Å². The first-order valence-corrected chi connectivity index (χ1v) is 8.30. The van der Waals surface area contributed by atoms with Crippen LogP contribution in [-0.4, -0.2) is 30.6 Å². The quantitative estimate of drug-likeness (QED) is 0.788. The number of amides is 1. The molecule has 0 atom stereocenters. The smallest absolute Gasteiger partial charge is 0.267 e. The summed E-state index contributed by atoms with van der Waals surface area (Å²) in [4.78, 5) is 25.6. The van der Waals surface area contributed by atoms with E-state index in [0.29, 0.717) is 16.4 Å². The lowest BCUT2D eigenvalue weighted by Crippen LogP contribution is -2.14. The Balaban J connectivity index is 1.79. The van der Waals surface area contributed by atoms with Crippen LogP contribution in [-0.2, 0) is 6.42 Å². The monoisotopic (exact) mass is 342 g/mol. The summed E-state index contributed by atoms with van der Waals surface area (Å²) >= 11 is 1.40. The second-order valence-electron chi connectivity index (χ2n) is 6.52. The van der Waals surface area contributed by atoms with Crippen LogP contribution in [0, 0.1) is 5.41 Å². The number of nitrogens with one attached hydrogen (secondary N) is 1. The van der Waals surface area contributed by atoms with Gasteiger partial charge >= 0.3 is 0 Å². The number of carbonyl (C=O) groups excluding carboxylic acids is 1. The first-order valence-electron chi connectivity index (χ1n) is 7.48. The maximum atomic E-state index is 12.5. The van der Waals surface area contributed by atoms with Crippen LogP contribution in [0.15, 0.2) is 37.2 Å². The standard InChI is InChI=1S/C16H18N6OS/c1-16(2,3)7-13-18-9-12(24-13)15(23)21-11-8-17-10-19-14(11)22-6-4-5-20-22/h4-6,8-10H,7H2,1-3H3,(H,21,23). The molecule has 0 aromatic carbocycles. The molecule has 1 amide bonds. The van der Waals surface area contributed by atoms with Crippen molar-refractivity contribution in [3.63, 3.8) is 0 Å². The summed E-state index contributed by atoms with van der Waals surface area (Å²) in [5, 5.41) is 7.92. The van der Waals surface area contributed by atoms with Crippen LogP contribution in [0.4, 0.5) is 5.69 Å². The van der Waals surface area contributed by atoms with E-state index in [4.69, 9.17) is 0 Å². The summed E-state index contributed by atoms with van der Waals surface area (Å²) in [6, 6.07) is 1.79. The fourth-order valence-electron chi connectivity index (χ4n) is 2.12. The van der Waals surface area contributed by atoms with Crippen LogP contribution in [0.3, 0.4) is 0 Å². The molecule has 1 N–H and O–H groups in total. The van der Waals surface area contributed by atoms with E-state index >= 15 is 0 Å². The van der Waals surface area contributed by atoms with Crippen molar-refractivity contribution < 1.29 is 4.79 Å². The highest BCUT2D eigenvalue weighted by Crippen LogP contribution is 2.25. The molecule has 0 saturated carbocycles. The Kier molecular flexibility index (Phi) is 4.39. The van der Waals surface area contributed by atoms with Gasteiger partial charge in [-0.15, -0.1) is 11.3 Å². The van der Waals surface area contributed by atoms with Crippen LogP contribution < -0.4 is 5.32 Å². The Morgan fingerprint density at radius 3 is 2.83 bits per heavy atom. The van der Waals surface area contributed by atoms with E-state index in [0.717, 1.165) is 11.4 Å². The molecule has 3 aromatic rings. The number of hydrogen-bond donors (Lipinski definition) is 1. The number of hydrogen-bond acceptors (Lipinski definition) is 6. The second kappa shape index (κ2) is 6.48. The zero-order valence-electron chi connectivity index (χ0n) is 13.7. The zero-order chi connectivity index (χ0) is 17.2. The predicted molar refractivity (Wildman–Crippen MR) is 92.4 cm³/mol. The van der Waals surface area contributed by atoms with Gasteiger partial charge in [0, 0.05) is 18.8 Å². The molecule has 3 rings (SSSR count). The number of carbonyl (C=O) groups is 1. The van der Waals surface area contributed by atoms with E-state index in [-0.39, 0.29) is 11.3 Å². The highest BCUT2D eigenvalue weighted by atomic mass is 32.1. The Morgan fingerprint density at radius 2 is 2.12 bits per heavy atom. The molecule has 0 unspecified atom stereocenters. The lowest BCUT2D eigenvalue weighted by Gasteiger charge is -2.15. The van der Waals surface area contributed by atoms with Crippen molar-refractivity contribution >= 4 is 22.9 Å². The largest absolute Gasteiger partial charge is 0.317 e. The molecule has 3 aromatic heterocycles. The van der Waals surface area contributed by atoms with E-state index < -0.39 is 0 Å². The maximum Gasteiger partial charge on any atom is 0.267 e. The Hall–Kier alpha value is -2.61. The molecule has 3 heterocycles. The van der Waals surface area contributed by atoms with Gasteiger partial charge in [-0.05, 0) is 11.5 Å². The molecule has 0 bridgehead atoms. The average molecular weight is 342 g/mol. The summed E-state index contributed by atoms with van der Waals surface area (Å²) in [6.07, 6.45) is 8.82. The Morgan fingerprint density at radius 1 is 1.29 bits per heavy atom. The van der Waals surface area contributed by atoms with Crippen LogP contribution in [0.5, 0.6) is 0 Å².